The second-order valence-electron chi connectivity index (χ2n) is 5.09. The summed E-state index contributed by atoms with van der Waals surface area (Å²) < 4.78 is 10.2. The molecule has 1 heterocycles. The number of thiophene rings is 1. The minimum atomic E-state index is -0.455. The maximum absolute atomic E-state index is 12.4. The first-order chi connectivity index (χ1) is 11.1. The molecule has 0 bridgehead atoms. The monoisotopic (exact) mass is 332 g/mol. The molecule has 0 aliphatic carbocycles. The van der Waals surface area contributed by atoms with Crippen LogP contribution in [-0.4, -0.2) is 25.5 Å². The van der Waals surface area contributed by atoms with E-state index in [1.165, 1.54) is 0 Å². The van der Waals surface area contributed by atoms with Gasteiger partial charge in [0.2, 0.25) is 0 Å². The van der Waals surface area contributed by atoms with Gasteiger partial charge in [-0.1, -0.05) is 6.07 Å². The molecule has 0 radical (unpaired) electrons. The van der Waals surface area contributed by atoms with Crippen molar-refractivity contribution in [1.82, 2.24) is 0 Å². The van der Waals surface area contributed by atoms with Crippen molar-refractivity contribution in [2.45, 2.75) is 19.8 Å². The zero-order chi connectivity index (χ0) is 16.7. The lowest BCUT2D eigenvalue weighted by atomic mass is 9.94. The molecule has 0 N–H and O–H groups in total. The van der Waals surface area contributed by atoms with Crippen LogP contribution in [0, 0.1) is 5.92 Å². The molecule has 5 heteroatoms. The molecular formula is C18H20O4S. The van der Waals surface area contributed by atoms with E-state index in [0.29, 0.717) is 24.3 Å². The molecule has 4 nitrogen and oxygen atoms in total. The van der Waals surface area contributed by atoms with E-state index in [0.717, 1.165) is 4.88 Å². The zero-order valence-electron chi connectivity index (χ0n) is 13.3. The van der Waals surface area contributed by atoms with Crippen LogP contribution in [0.3, 0.4) is 0 Å². The number of ketones is 1. The van der Waals surface area contributed by atoms with E-state index < -0.39 is 5.92 Å². The van der Waals surface area contributed by atoms with Crippen LogP contribution in [0.15, 0.2) is 41.8 Å². The molecule has 0 saturated heterocycles. The lowest BCUT2D eigenvalue weighted by molar-refractivity contribution is -0.147. The maximum atomic E-state index is 12.4. The van der Waals surface area contributed by atoms with Gasteiger partial charge in [-0.15, -0.1) is 11.3 Å². The highest BCUT2D eigenvalue weighted by molar-refractivity contribution is 7.09. The predicted molar refractivity (Wildman–Crippen MR) is 90.1 cm³/mol. The van der Waals surface area contributed by atoms with Gasteiger partial charge in [-0.05, 0) is 49.1 Å². The van der Waals surface area contributed by atoms with E-state index in [1.807, 2.05) is 17.5 Å². The summed E-state index contributed by atoms with van der Waals surface area (Å²) in [7, 11) is 1.58. The molecule has 1 unspecified atom stereocenters. The van der Waals surface area contributed by atoms with Crippen molar-refractivity contribution in [3.8, 4) is 5.75 Å². The average Bonchev–Trinajstić information content (AvgIpc) is 3.07. The number of hydrogen-bond acceptors (Lipinski definition) is 5. The number of carbonyl (C=O) groups is 2. The summed E-state index contributed by atoms with van der Waals surface area (Å²) in [5.74, 6) is -0.143. The number of hydrogen-bond donors (Lipinski definition) is 0. The summed E-state index contributed by atoms with van der Waals surface area (Å²) in [6.45, 7) is 2.09. The van der Waals surface area contributed by atoms with Gasteiger partial charge in [0.1, 0.15) is 5.75 Å². The van der Waals surface area contributed by atoms with Crippen LogP contribution < -0.4 is 4.74 Å². The van der Waals surface area contributed by atoms with Gasteiger partial charge in [0.05, 0.1) is 19.6 Å². The molecule has 0 fully saturated rings. The molecule has 1 aromatic carbocycles. The second kappa shape index (κ2) is 8.48. The van der Waals surface area contributed by atoms with Gasteiger partial charge in [0, 0.05) is 16.9 Å². The highest BCUT2D eigenvalue weighted by Gasteiger charge is 2.24. The SMILES string of the molecule is CCOC(=O)C(CC(=O)c1ccc(OC)cc1)Cc1cccs1. The molecule has 0 saturated carbocycles. The molecule has 0 amide bonds. The number of benzene rings is 1. The first-order valence-corrected chi connectivity index (χ1v) is 8.38. The third-order valence-electron chi connectivity index (χ3n) is 3.49. The lowest BCUT2D eigenvalue weighted by Gasteiger charge is -2.14. The van der Waals surface area contributed by atoms with Crippen molar-refractivity contribution in [2.24, 2.45) is 5.92 Å². The molecular weight excluding hydrogens is 312 g/mol. The van der Waals surface area contributed by atoms with Crippen molar-refractivity contribution in [2.75, 3.05) is 13.7 Å². The molecule has 0 spiro atoms. The average molecular weight is 332 g/mol. The van der Waals surface area contributed by atoms with Gasteiger partial charge in [-0.25, -0.2) is 0 Å². The van der Waals surface area contributed by atoms with E-state index in [4.69, 9.17) is 9.47 Å². The Hall–Kier alpha value is -2.14. The largest absolute Gasteiger partial charge is 0.497 e. The standard InChI is InChI=1S/C18H20O4S/c1-3-22-18(20)14(11-16-5-4-10-23-16)12-17(19)13-6-8-15(21-2)9-7-13/h4-10,14H,3,11-12H2,1-2H3. The van der Waals surface area contributed by atoms with Gasteiger partial charge in [0.15, 0.2) is 5.78 Å². The number of ether oxygens (including phenoxy) is 2. The Bertz CT molecular complexity index is 632. The maximum Gasteiger partial charge on any atom is 0.309 e. The quantitative estimate of drug-likeness (QED) is 0.546. The van der Waals surface area contributed by atoms with Gasteiger partial charge < -0.3 is 9.47 Å². The van der Waals surface area contributed by atoms with Gasteiger partial charge in [0.25, 0.3) is 0 Å². The van der Waals surface area contributed by atoms with Crippen LogP contribution in [0.5, 0.6) is 5.75 Å². The normalized spacial score (nSPS) is 11.7. The molecule has 0 aliphatic rings. The summed E-state index contributed by atoms with van der Waals surface area (Å²) in [5.41, 5.74) is 0.575. The van der Waals surface area contributed by atoms with Crippen LogP contribution >= 0.6 is 11.3 Å². The Kier molecular flexibility index (Phi) is 6.35. The molecule has 122 valence electrons. The lowest BCUT2D eigenvalue weighted by Crippen LogP contribution is -2.23. The first kappa shape index (κ1) is 17.2. The number of methoxy groups -OCH3 is 1. The van der Waals surface area contributed by atoms with Gasteiger partial charge in [-0.3, -0.25) is 9.59 Å². The number of esters is 1. The van der Waals surface area contributed by atoms with E-state index in [1.54, 1.807) is 49.6 Å². The van der Waals surface area contributed by atoms with Crippen LogP contribution in [0.25, 0.3) is 0 Å². The zero-order valence-corrected chi connectivity index (χ0v) is 14.1. The van der Waals surface area contributed by atoms with Crippen molar-refractivity contribution < 1.29 is 19.1 Å². The molecule has 1 aromatic heterocycles. The van der Waals surface area contributed by atoms with Gasteiger partial charge in [-0.2, -0.15) is 0 Å². The highest BCUT2D eigenvalue weighted by Crippen LogP contribution is 2.21. The van der Waals surface area contributed by atoms with Crippen molar-refractivity contribution in [3.63, 3.8) is 0 Å². The number of rotatable bonds is 8. The smallest absolute Gasteiger partial charge is 0.309 e. The van der Waals surface area contributed by atoms with E-state index in [2.05, 4.69) is 0 Å². The second-order valence-corrected chi connectivity index (χ2v) is 6.12. The molecule has 1 atom stereocenters. The topological polar surface area (TPSA) is 52.6 Å². The van der Waals surface area contributed by atoms with Crippen molar-refractivity contribution in [1.29, 1.82) is 0 Å². The molecule has 0 aliphatic heterocycles. The molecule has 23 heavy (non-hydrogen) atoms. The Morgan fingerprint density at radius 1 is 1.17 bits per heavy atom. The Labute approximate surface area is 140 Å². The summed E-state index contributed by atoms with van der Waals surface area (Å²) in [6.07, 6.45) is 0.668. The van der Waals surface area contributed by atoms with Crippen LogP contribution in [-0.2, 0) is 16.0 Å². The first-order valence-electron chi connectivity index (χ1n) is 7.50. The van der Waals surface area contributed by atoms with E-state index in [9.17, 15) is 9.59 Å². The van der Waals surface area contributed by atoms with Gasteiger partial charge >= 0.3 is 5.97 Å². The fraction of sp³-hybridized carbons (Fsp3) is 0.333. The fourth-order valence-electron chi connectivity index (χ4n) is 2.29. The molecule has 2 aromatic rings. The minimum Gasteiger partial charge on any atom is -0.497 e. The third-order valence-corrected chi connectivity index (χ3v) is 4.39. The number of carbonyl (C=O) groups excluding carboxylic acids is 2. The van der Waals surface area contributed by atoms with Crippen LogP contribution in [0.4, 0.5) is 0 Å². The Balaban J connectivity index is 2.08. The number of Topliss-reactive ketones (excluding diaryl/α,β-unsaturated/α-hetero) is 1. The fourth-order valence-corrected chi connectivity index (χ4v) is 3.08. The van der Waals surface area contributed by atoms with Crippen molar-refractivity contribution in [3.05, 3.63) is 52.2 Å². The summed E-state index contributed by atoms with van der Waals surface area (Å²) in [6, 6.07) is 10.8. The predicted octanol–water partition coefficient (Wildman–Crippen LogP) is 3.75. The Morgan fingerprint density at radius 2 is 1.91 bits per heavy atom. The summed E-state index contributed by atoms with van der Waals surface area (Å²) in [4.78, 5) is 25.7. The van der Waals surface area contributed by atoms with Crippen molar-refractivity contribution >= 4 is 23.1 Å². The third kappa shape index (κ3) is 4.93. The van der Waals surface area contributed by atoms with Crippen LogP contribution in [0.1, 0.15) is 28.6 Å². The summed E-state index contributed by atoms with van der Waals surface area (Å²) in [5, 5.41) is 1.96. The van der Waals surface area contributed by atoms with E-state index in [-0.39, 0.29) is 18.2 Å². The highest BCUT2D eigenvalue weighted by atomic mass is 32.1. The van der Waals surface area contributed by atoms with Crippen LogP contribution in [0.2, 0.25) is 0 Å². The molecule has 2 rings (SSSR count). The minimum absolute atomic E-state index is 0.0673. The summed E-state index contributed by atoms with van der Waals surface area (Å²) >= 11 is 1.58. The Morgan fingerprint density at radius 3 is 2.48 bits per heavy atom. The van der Waals surface area contributed by atoms with E-state index >= 15 is 0 Å².